The van der Waals surface area contributed by atoms with Gasteiger partial charge in [0.2, 0.25) is 0 Å². The van der Waals surface area contributed by atoms with Crippen LogP contribution >= 0.6 is 15.9 Å². The van der Waals surface area contributed by atoms with Crippen molar-refractivity contribution in [2.45, 2.75) is 18.8 Å². The van der Waals surface area contributed by atoms with Gasteiger partial charge in [-0.25, -0.2) is 9.37 Å². The summed E-state index contributed by atoms with van der Waals surface area (Å²) < 4.78 is 14.3. The van der Waals surface area contributed by atoms with Gasteiger partial charge in [0.05, 0.1) is 23.0 Å². The Balaban J connectivity index is 1.67. The highest BCUT2D eigenvalue weighted by atomic mass is 79.9. The topological polar surface area (TPSA) is 60.2 Å². The smallest absolute Gasteiger partial charge is 0.140 e. The van der Waals surface area contributed by atoms with E-state index in [4.69, 9.17) is 5.26 Å². The number of pyridine rings is 1. The second-order valence-electron chi connectivity index (χ2n) is 6.30. The number of nitriles is 1. The van der Waals surface area contributed by atoms with Crippen LogP contribution < -0.4 is 4.90 Å². The fraction of sp³-hybridized carbons (Fsp3) is 0.368. The molecule has 0 radical (unpaired) electrons. The molecule has 0 saturated carbocycles. The van der Waals surface area contributed by atoms with E-state index in [1.807, 2.05) is 18.2 Å². The van der Waals surface area contributed by atoms with E-state index >= 15 is 0 Å². The first-order valence-corrected chi connectivity index (χ1v) is 9.08. The lowest BCUT2D eigenvalue weighted by atomic mass is 9.80. The Morgan fingerprint density at radius 2 is 2.08 bits per heavy atom. The molecule has 1 aromatic heterocycles. The van der Waals surface area contributed by atoms with Crippen molar-refractivity contribution in [2.24, 2.45) is 5.92 Å². The van der Waals surface area contributed by atoms with Crippen LogP contribution in [-0.2, 0) is 0 Å². The first-order chi connectivity index (χ1) is 12.1. The Morgan fingerprint density at radius 3 is 2.64 bits per heavy atom. The largest absolute Gasteiger partial charge is 0.396 e. The number of aromatic nitrogens is 1. The summed E-state index contributed by atoms with van der Waals surface area (Å²) >= 11 is 3.17. The van der Waals surface area contributed by atoms with Crippen molar-refractivity contribution in [1.82, 2.24) is 4.98 Å². The molecule has 1 saturated heterocycles. The van der Waals surface area contributed by atoms with Crippen molar-refractivity contribution in [3.63, 3.8) is 0 Å². The summed E-state index contributed by atoms with van der Waals surface area (Å²) in [6.45, 7) is 1.73. The summed E-state index contributed by atoms with van der Waals surface area (Å²) in [5.41, 5.74) is 2.27. The zero-order valence-electron chi connectivity index (χ0n) is 13.7. The molecule has 1 fully saturated rings. The van der Waals surface area contributed by atoms with Crippen LogP contribution in [0.1, 0.15) is 30.0 Å². The van der Waals surface area contributed by atoms with Crippen LogP contribution in [0.4, 0.5) is 10.1 Å². The summed E-state index contributed by atoms with van der Waals surface area (Å²) in [7, 11) is 0. The van der Waals surface area contributed by atoms with Gasteiger partial charge in [0.15, 0.2) is 0 Å². The van der Waals surface area contributed by atoms with Crippen LogP contribution in [0.5, 0.6) is 0 Å². The van der Waals surface area contributed by atoms with Gasteiger partial charge in [0, 0.05) is 19.0 Å². The van der Waals surface area contributed by atoms with Gasteiger partial charge in [-0.3, -0.25) is 0 Å². The number of aliphatic hydroxyl groups is 1. The molecule has 1 aliphatic rings. The van der Waals surface area contributed by atoms with E-state index in [1.54, 1.807) is 18.3 Å². The van der Waals surface area contributed by atoms with E-state index in [0.717, 1.165) is 37.2 Å². The molecule has 2 aromatic rings. The highest BCUT2D eigenvalue weighted by Gasteiger charge is 2.28. The van der Waals surface area contributed by atoms with Gasteiger partial charge >= 0.3 is 0 Å². The lowest BCUT2D eigenvalue weighted by Crippen LogP contribution is -2.36. The zero-order valence-corrected chi connectivity index (χ0v) is 15.3. The van der Waals surface area contributed by atoms with E-state index < -0.39 is 0 Å². The zero-order chi connectivity index (χ0) is 17.8. The molecule has 1 aromatic carbocycles. The molecule has 1 unspecified atom stereocenters. The molecule has 3 rings (SSSR count). The maximum atomic E-state index is 13.8. The average Bonchev–Trinajstić information content (AvgIpc) is 2.66. The monoisotopic (exact) mass is 403 g/mol. The number of benzene rings is 1. The molecule has 4 nitrogen and oxygen atoms in total. The van der Waals surface area contributed by atoms with E-state index in [0.29, 0.717) is 16.1 Å². The van der Waals surface area contributed by atoms with Gasteiger partial charge in [-0.2, -0.15) is 5.26 Å². The molecular formula is C19H19BrFN3O. The fourth-order valence-corrected chi connectivity index (χ4v) is 3.72. The minimum Gasteiger partial charge on any atom is -0.396 e. The van der Waals surface area contributed by atoms with Crippen molar-refractivity contribution in [3.05, 3.63) is 58.1 Å². The third kappa shape index (κ3) is 4.00. The Morgan fingerprint density at radius 1 is 1.32 bits per heavy atom. The van der Waals surface area contributed by atoms with Crippen molar-refractivity contribution in [1.29, 1.82) is 5.26 Å². The number of halogens is 2. The molecule has 0 amide bonds. The third-order valence-corrected chi connectivity index (χ3v) is 5.55. The average molecular weight is 404 g/mol. The summed E-state index contributed by atoms with van der Waals surface area (Å²) in [4.78, 5) is 6.36. The predicted octanol–water partition coefficient (Wildman–Crippen LogP) is 3.85. The molecule has 1 N–H and O–H groups in total. The molecule has 6 heteroatoms. The number of hydrogen-bond acceptors (Lipinski definition) is 4. The summed E-state index contributed by atoms with van der Waals surface area (Å²) in [5, 5.41) is 18.7. The Bertz CT molecular complexity index is 767. The molecule has 25 heavy (non-hydrogen) atoms. The van der Waals surface area contributed by atoms with E-state index in [1.165, 1.54) is 6.07 Å². The molecule has 1 aliphatic heterocycles. The van der Waals surface area contributed by atoms with Gasteiger partial charge in [-0.1, -0.05) is 6.07 Å². The lowest BCUT2D eigenvalue weighted by Gasteiger charge is -2.36. The normalized spacial score (nSPS) is 16.5. The summed E-state index contributed by atoms with van der Waals surface area (Å²) in [5.74, 6) is -0.0333. The second-order valence-corrected chi connectivity index (χ2v) is 7.15. The Kier molecular flexibility index (Phi) is 5.67. The van der Waals surface area contributed by atoms with Crippen molar-refractivity contribution in [2.75, 3.05) is 24.6 Å². The summed E-state index contributed by atoms with van der Waals surface area (Å²) in [6, 6.07) is 10.8. The van der Waals surface area contributed by atoms with Crippen LogP contribution in [0.25, 0.3) is 0 Å². The first kappa shape index (κ1) is 17.8. The van der Waals surface area contributed by atoms with Crippen molar-refractivity contribution >= 4 is 21.6 Å². The number of piperidine rings is 1. The standard InChI is InChI=1S/C19H19BrFN3O/c20-18-4-1-14(9-19(18)21)17(12-25)13-5-7-24(8-6-13)16-3-2-15(10-22)23-11-16/h1-4,9,11,13,17,25H,5-8,12H2. The van der Waals surface area contributed by atoms with Gasteiger partial charge in [-0.15, -0.1) is 0 Å². The number of nitrogens with zero attached hydrogens (tertiary/aromatic N) is 3. The quantitative estimate of drug-likeness (QED) is 0.841. The molecule has 0 aliphatic carbocycles. The lowest BCUT2D eigenvalue weighted by molar-refractivity contribution is 0.206. The Hall–Kier alpha value is -1.97. The SMILES string of the molecule is N#Cc1ccc(N2CCC(C(CO)c3ccc(Br)c(F)c3)CC2)cn1. The van der Waals surface area contributed by atoms with E-state index in [-0.39, 0.29) is 18.3 Å². The van der Waals surface area contributed by atoms with Crippen LogP contribution in [0.15, 0.2) is 41.0 Å². The fourth-order valence-electron chi connectivity index (χ4n) is 3.47. The molecule has 0 spiro atoms. The van der Waals surface area contributed by atoms with Gasteiger partial charge in [0.25, 0.3) is 0 Å². The second kappa shape index (κ2) is 7.94. The van der Waals surface area contributed by atoms with Crippen LogP contribution in [0.3, 0.4) is 0 Å². The van der Waals surface area contributed by atoms with E-state index in [2.05, 4.69) is 25.8 Å². The maximum Gasteiger partial charge on any atom is 0.140 e. The minimum absolute atomic E-state index is 0.0180. The summed E-state index contributed by atoms with van der Waals surface area (Å²) in [6.07, 6.45) is 3.57. The van der Waals surface area contributed by atoms with Crippen LogP contribution in [0, 0.1) is 23.1 Å². The molecule has 130 valence electrons. The maximum absolute atomic E-state index is 13.8. The molecule has 1 atom stereocenters. The number of aliphatic hydroxyl groups excluding tert-OH is 1. The van der Waals surface area contributed by atoms with Crippen molar-refractivity contribution < 1.29 is 9.50 Å². The van der Waals surface area contributed by atoms with Crippen molar-refractivity contribution in [3.8, 4) is 6.07 Å². The number of rotatable bonds is 4. The highest BCUT2D eigenvalue weighted by molar-refractivity contribution is 9.10. The predicted molar refractivity (Wildman–Crippen MR) is 97.8 cm³/mol. The van der Waals surface area contributed by atoms with E-state index in [9.17, 15) is 9.50 Å². The van der Waals surface area contributed by atoms with Gasteiger partial charge < -0.3 is 10.0 Å². The molecular weight excluding hydrogens is 385 g/mol. The minimum atomic E-state index is -0.294. The number of hydrogen-bond donors (Lipinski definition) is 1. The van der Waals surface area contributed by atoms with Crippen LogP contribution in [-0.4, -0.2) is 29.8 Å². The highest BCUT2D eigenvalue weighted by Crippen LogP contribution is 2.34. The Labute approximate surface area is 155 Å². The molecule has 2 heterocycles. The van der Waals surface area contributed by atoms with Crippen LogP contribution in [0.2, 0.25) is 0 Å². The van der Waals surface area contributed by atoms with Gasteiger partial charge in [0.1, 0.15) is 17.6 Å². The third-order valence-electron chi connectivity index (χ3n) is 4.90. The number of anilines is 1. The first-order valence-electron chi connectivity index (χ1n) is 8.29. The molecule has 0 bridgehead atoms. The van der Waals surface area contributed by atoms with Gasteiger partial charge in [-0.05, 0) is 64.5 Å².